The van der Waals surface area contributed by atoms with E-state index in [2.05, 4.69) is 5.16 Å². The molecule has 0 radical (unpaired) electrons. The molecular weight excluding hydrogens is 335 g/mol. The summed E-state index contributed by atoms with van der Waals surface area (Å²) in [4.78, 5) is 0. The lowest BCUT2D eigenvalue weighted by atomic mass is 10.2. The Balaban J connectivity index is 2.10. The molecule has 2 rings (SSSR count). The molecule has 2 aromatic carbocycles. The second-order valence-electron chi connectivity index (χ2n) is 4.16. The molecule has 0 saturated heterocycles. The zero-order valence-corrected chi connectivity index (χ0v) is 13.0. The van der Waals surface area contributed by atoms with Crippen LogP contribution in [0.4, 0.5) is 0 Å². The van der Waals surface area contributed by atoms with Crippen LogP contribution in [-0.4, -0.2) is 11.0 Å². The van der Waals surface area contributed by atoms with Crippen molar-refractivity contribution in [3.63, 3.8) is 0 Å². The van der Waals surface area contributed by atoms with Gasteiger partial charge in [-0.3, -0.25) is 0 Å². The Bertz CT molecular complexity index is 690. The van der Waals surface area contributed by atoms with Crippen molar-refractivity contribution < 1.29 is 9.94 Å². The SMILES string of the molecule is N/C(=N/O)c1ccc(OCc2ccc(Cl)c(Cl)c2)cc1Cl. The number of benzene rings is 2. The van der Waals surface area contributed by atoms with Gasteiger partial charge in [0.05, 0.1) is 15.1 Å². The Hall–Kier alpha value is -1.62. The summed E-state index contributed by atoms with van der Waals surface area (Å²) in [6.07, 6.45) is 0. The first-order valence-electron chi connectivity index (χ1n) is 5.85. The van der Waals surface area contributed by atoms with Crippen LogP contribution in [0.15, 0.2) is 41.6 Å². The molecule has 0 atom stereocenters. The predicted octanol–water partition coefficient (Wildman–Crippen LogP) is 4.32. The number of nitrogens with two attached hydrogens (primary N) is 1. The molecule has 110 valence electrons. The fourth-order valence-electron chi connectivity index (χ4n) is 1.64. The Morgan fingerprint density at radius 3 is 2.43 bits per heavy atom. The van der Waals surface area contributed by atoms with Crippen molar-refractivity contribution in [3.8, 4) is 5.75 Å². The summed E-state index contributed by atoms with van der Waals surface area (Å²) >= 11 is 17.8. The molecule has 0 saturated carbocycles. The summed E-state index contributed by atoms with van der Waals surface area (Å²) in [6, 6.07) is 10.1. The normalized spacial score (nSPS) is 11.5. The minimum absolute atomic E-state index is 0.0592. The lowest BCUT2D eigenvalue weighted by Gasteiger charge is -2.09. The molecule has 0 aliphatic heterocycles. The van der Waals surface area contributed by atoms with Crippen molar-refractivity contribution >= 4 is 40.6 Å². The van der Waals surface area contributed by atoms with Crippen LogP contribution >= 0.6 is 34.8 Å². The third-order valence-electron chi connectivity index (χ3n) is 2.71. The second-order valence-corrected chi connectivity index (χ2v) is 5.39. The van der Waals surface area contributed by atoms with E-state index >= 15 is 0 Å². The van der Waals surface area contributed by atoms with E-state index in [0.717, 1.165) is 5.56 Å². The zero-order chi connectivity index (χ0) is 15.4. The van der Waals surface area contributed by atoms with Crippen LogP contribution in [0.5, 0.6) is 5.75 Å². The van der Waals surface area contributed by atoms with Crippen LogP contribution < -0.4 is 10.5 Å². The van der Waals surface area contributed by atoms with Gasteiger partial charge in [0.2, 0.25) is 0 Å². The molecule has 0 bridgehead atoms. The third-order valence-corrected chi connectivity index (χ3v) is 3.77. The van der Waals surface area contributed by atoms with Gasteiger partial charge in [-0.05, 0) is 35.9 Å². The molecule has 3 N–H and O–H groups in total. The Morgan fingerprint density at radius 1 is 1.05 bits per heavy atom. The average Bonchev–Trinajstić information content (AvgIpc) is 2.48. The van der Waals surface area contributed by atoms with Gasteiger partial charge in [-0.25, -0.2) is 0 Å². The second kappa shape index (κ2) is 6.89. The molecule has 0 fully saturated rings. The van der Waals surface area contributed by atoms with Crippen LogP contribution in [0.25, 0.3) is 0 Å². The minimum Gasteiger partial charge on any atom is -0.489 e. The Morgan fingerprint density at radius 2 is 1.81 bits per heavy atom. The largest absolute Gasteiger partial charge is 0.489 e. The molecular formula is C14H11Cl3N2O2. The number of rotatable bonds is 4. The smallest absolute Gasteiger partial charge is 0.171 e. The van der Waals surface area contributed by atoms with Crippen molar-refractivity contribution in [1.82, 2.24) is 0 Å². The maximum absolute atomic E-state index is 8.63. The number of hydrogen-bond acceptors (Lipinski definition) is 3. The van der Waals surface area contributed by atoms with Gasteiger partial charge in [0, 0.05) is 5.56 Å². The molecule has 7 heteroatoms. The predicted molar refractivity (Wildman–Crippen MR) is 84.8 cm³/mol. The first-order valence-corrected chi connectivity index (χ1v) is 6.99. The number of halogens is 3. The molecule has 21 heavy (non-hydrogen) atoms. The van der Waals surface area contributed by atoms with Gasteiger partial charge >= 0.3 is 0 Å². The first kappa shape index (κ1) is 15.8. The number of nitrogens with zero attached hydrogens (tertiary/aromatic N) is 1. The maximum Gasteiger partial charge on any atom is 0.171 e. The van der Waals surface area contributed by atoms with Gasteiger partial charge in [-0.1, -0.05) is 46.0 Å². The van der Waals surface area contributed by atoms with E-state index in [1.807, 2.05) is 6.07 Å². The van der Waals surface area contributed by atoms with Gasteiger partial charge in [0.25, 0.3) is 0 Å². The topological polar surface area (TPSA) is 67.8 Å². The molecule has 4 nitrogen and oxygen atoms in total. The summed E-state index contributed by atoms with van der Waals surface area (Å²) in [5.41, 5.74) is 6.80. The van der Waals surface area contributed by atoms with Crippen LogP contribution in [0.2, 0.25) is 15.1 Å². The third kappa shape index (κ3) is 3.94. The minimum atomic E-state index is -0.0592. The highest BCUT2D eigenvalue weighted by Gasteiger charge is 2.07. The van der Waals surface area contributed by atoms with Crippen LogP contribution in [-0.2, 0) is 6.61 Å². The number of amidine groups is 1. The molecule has 0 aliphatic rings. The van der Waals surface area contributed by atoms with Crippen molar-refractivity contribution in [2.24, 2.45) is 10.9 Å². The molecule has 0 amide bonds. The van der Waals surface area contributed by atoms with E-state index in [1.54, 1.807) is 30.3 Å². The fraction of sp³-hybridized carbons (Fsp3) is 0.0714. The van der Waals surface area contributed by atoms with E-state index in [1.165, 1.54) is 0 Å². The van der Waals surface area contributed by atoms with Crippen molar-refractivity contribution in [1.29, 1.82) is 0 Å². The van der Waals surface area contributed by atoms with Gasteiger partial charge in [-0.15, -0.1) is 0 Å². The molecule has 0 aromatic heterocycles. The average molecular weight is 346 g/mol. The number of hydrogen-bond donors (Lipinski definition) is 2. The van der Waals surface area contributed by atoms with E-state index in [4.69, 9.17) is 50.5 Å². The van der Waals surface area contributed by atoms with E-state index < -0.39 is 0 Å². The zero-order valence-electron chi connectivity index (χ0n) is 10.7. The van der Waals surface area contributed by atoms with Gasteiger partial charge in [0.1, 0.15) is 12.4 Å². The molecule has 2 aromatic rings. The summed E-state index contributed by atoms with van der Waals surface area (Å²) in [6.45, 7) is 0.316. The standard InChI is InChI=1S/C14H11Cl3N2O2/c15-11-4-1-8(5-13(11)17)7-21-9-2-3-10(12(16)6-9)14(18)19-20/h1-6,20H,7H2,(H2,18,19). The fourth-order valence-corrected chi connectivity index (χ4v) is 2.23. The number of ether oxygens (including phenoxy) is 1. The van der Waals surface area contributed by atoms with E-state index in [9.17, 15) is 0 Å². The van der Waals surface area contributed by atoms with E-state index in [-0.39, 0.29) is 5.84 Å². The quantitative estimate of drug-likeness (QED) is 0.375. The van der Waals surface area contributed by atoms with Crippen molar-refractivity contribution in [2.75, 3.05) is 0 Å². The van der Waals surface area contributed by atoms with E-state index in [0.29, 0.717) is 33.0 Å². The monoisotopic (exact) mass is 344 g/mol. The highest BCUT2D eigenvalue weighted by molar-refractivity contribution is 6.42. The maximum atomic E-state index is 8.63. The summed E-state index contributed by atoms with van der Waals surface area (Å²) < 4.78 is 5.61. The summed E-state index contributed by atoms with van der Waals surface area (Å²) in [5, 5.41) is 12.8. The highest BCUT2D eigenvalue weighted by atomic mass is 35.5. The van der Waals surface area contributed by atoms with Gasteiger partial charge in [0.15, 0.2) is 5.84 Å². The highest BCUT2D eigenvalue weighted by Crippen LogP contribution is 2.25. The van der Waals surface area contributed by atoms with Crippen LogP contribution in [0.1, 0.15) is 11.1 Å². The van der Waals surface area contributed by atoms with Crippen molar-refractivity contribution in [2.45, 2.75) is 6.61 Å². The van der Waals surface area contributed by atoms with Crippen LogP contribution in [0.3, 0.4) is 0 Å². The Kier molecular flexibility index (Phi) is 5.17. The molecule has 0 spiro atoms. The van der Waals surface area contributed by atoms with Crippen LogP contribution in [0, 0.1) is 0 Å². The Labute approximate surface area is 136 Å². The first-order chi connectivity index (χ1) is 10.0. The molecule has 0 heterocycles. The molecule has 0 aliphatic carbocycles. The van der Waals surface area contributed by atoms with Gasteiger partial charge in [-0.2, -0.15) is 0 Å². The van der Waals surface area contributed by atoms with Crippen molar-refractivity contribution in [3.05, 3.63) is 62.6 Å². The lowest BCUT2D eigenvalue weighted by molar-refractivity contribution is 0.306. The van der Waals surface area contributed by atoms with Gasteiger partial charge < -0.3 is 15.7 Å². The molecule has 0 unspecified atom stereocenters. The summed E-state index contributed by atoms with van der Waals surface area (Å²) in [5.74, 6) is 0.497. The lowest BCUT2D eigenvalue weighted by Crippen LogP contribution is -2.13. The number of oxime groups is 1. The summed E-state index contributed by atoms with van der Waals surface area (Å²) in [7, 11) is 0.